The van der Waals surface area contributed by atoms with Crippen molar-refractivity contribution < 1.29 is 24.2 Å². The zero-order valence-electron chi connectivity index (χ0n) is 30.8. The number of esters is 1. The Morgan fingerprint density at radius 3 is 1.81 bits per heavy atom. The van der Waals surface area contributed by atoms with Crippen LogP contribution in [0.3, 0.4) is 0 Å². The lowest BCUT2D eigenvalue weighted by Crippen LogP contribution is -2.40. The number of rotatable bonds is 34. The first-order valence-electron chi connectivity index (χ1n) is 19.5. The van der Waals surface area contributed by atoms with Gasteiger partial charge in [0.2, 0.25) is 5.91 Å². The summed E-state index contributed by atoms with van der Waals surface area (Å²) >= 11 is 0. The third-order valence-electron chi connectivity index (χ3n) is 8.33. The number of allylic oxidation sites excluding steroid dienone is 7. The van der Waals surface area contributed by atoms with Crippen molar-refractivity contribution in [2.45, 2.75) is 187 Å². The molecule has 7 heteroatoms. The number of nitrogens with two attached hydrogens (primary N) is 1. The second-order valence-corrected chi connectivity index (χ2v) is 13.0. The first-order valence-corrected chi connectivity index (χ1v) is 19.5. The summed E-state index contributed by atoms with van der Waals surface area (Å²) in [4.78, 5) is 36.1. The highest BCUT2D eigenvalue weighted by molar-refractivity contribution is 5.83. The molecule has 0 aromatic heterocycles. The Bertz CT molecular complexity index is 895. The fourth-order valence-corrected chi connectivity index (χ4v) is 5.38. The van der Waals surface area contributed by atoms with Crippen LogP contribution in [0, 0.1) is 0 Å². The van der Waals surface area contributed by atoms with Gasteiger partial charge in [-0.05, 0) is 96.1 Å². The Hall–Kier alpha value is -2.67. The number of carboxylic acid groups (broad SMARTS) is 1. The van der Waals surface area contributed by atoms with Crippen LogP contribution in [0.25, 0.3) is 0 Å². The molecule has 0 rings (SSSR count). The van der Waals surface area contributed by atoms with Gasteiger partial charge in [-0.3, -0.25) is 9.59 Å². The first-order chi connectivity index (χ1) is 23.4. The second-order valence-electron chi connectivity index (χ2n) is 13.0. The lowest BCUT2D eigenvalue weighted by Gasteiger charge is -2.15. The smallest absolute Gasteiger partial charge is 0.326 e. The van der Waals surface area contributed by atoms with Crippen molar-refractivity contribution >= 4 is 17.8 Å². The molecule has 0 heterocycles. The topological polar surface area (TPSA) is 119 Å². The van der Waals surface area contributed by atoms with Crippen molar-refractivity contribution in [2.75, 3.05) is 6.54 Å². The third kappa shape index (κ3) is 31.9. The number of carbonyl (C=O) groups is 3. The largest absolute Gasteiger partial charge is 0.480 e. The van der Waals surface area contributed by atoms with Crippen molar-refractivity contribution in [3.63, 3.8) is 0 Å². The molecule has 0 saturated heterocycles. The van der Waals surface area contributed by atoms with Gasteiger partial charge in [-0.15, -0.1) is 0 Å². The molecule has 48 heavy (non-hydrogen) atoms. The van der Waals surface area contributed by atoms with Crippen LogP contribution < -0.4 is 11.1 Å². The minimum Gasteiger partial charge on any atom is -0.480 e. The maximum atomic E-state index is 12.7. The Balaban J connectivity index is 4.34. The Labute approximate surface area is 294 Å². The van der Waals surface area contributed by atoms with E-state index in [0.29, 0.717) is 32.2 Å². The Morgan fingerprint density at radius 2 is 1.19 bits per heavy atom. The van der Waals surface area contributed by atoms with Crippen molar-refractivity contribution in [2.24, 2.45) is 5.73 Å². The summed E-state index contributed by atoms with van der Waals surface area (Å²) < 4.78 is 5.90. The van der Waals surface area contributed by atoms with Crippen LogP contribution in [-0.4, -0.2) is 41.6 Å². The van der Waals surface area contributed by atoms with Gasteiger partial charge >= 0.3 is 11.9 Å². The highest BCUT2D eigenvalue weighted by Gasteiger charge is 2.18. The molecule has 7 nitrogen and oxygen atoms in total. The van der Waals surface area contributed by atoms with Crippen LogP contribution in [0.4, 0.5) is 0 Å². The number of hydrogen-bond donors (Lipinski definition) is 3. The molecule has 0 aliphatic heterocycles. The van der Waals surface area contributed by atoms with E-state index in [9.17, 15) is 19.5 Å². The van der Waals surface area contributed by atoms with Crippen molar-refractivity contribution in [3.05, 3.63) is 48.6 Å². The molecule has 0 aliphatic carbocycles. The van der Waals surface area contributed by atoms with Crippen LogP contribution in [0.5, 0.6) is 0 Å². The van der Waals surface area contributed by atoms with Crippen LogP contribution >= 0.6 is 0 Å². The maximum Gasteiger partial charge on any atom is 0.326 e. The number of carboxylic acids is 1. The van der Waals surface area contributed by atoms with E-state index in [-0.39, 0.29) is 18.0 Å². The molecule has 4 N–H and O–H groups in total. The van der Waals surface area contributed by atoms with Gasteiger partial charge < -0.3 is 20.9 Å². The van der Waals surface area contributed by atoms with E-state index in [1.165, 1.54) is 44.9 Å². The van der Waals surface area contributed by atoms with E-state index < -0.39 is 12.0 Å². The summed E-state index contributed by atoms with van der Waals surface area (Å²) in [6.45, 7) is 4.83. The monoisotopic (exact) mass is 673 g/mol. The average molecular weight is 673 g/mol. The molecule has 0 saturated carbocycles. The number of amides is 1. The summed E-state index contributed by atoms with van der Waals surface area (Å²) in [7, 11) is 0. The van der Waals surface area contributed by atoms with Crippen molar-refractivity contribution in [1.82, 2.24) is 5.32 Å². The van der Waals surface area contributed by atoms with E-state index in [1.807, 2.05) is 0 Å². The van der Waals surface area contributed by atoms with Crippen molar-refractivity contribution in [3.8, 4) is 0 Å². The Kier molecular flexibility index (Phi) is 33.7. The van der Waals surface area contributed by atoms with Gasteiger partial charge in [0.15, 0.2) is 0 Å². The molecule has 0 spiro atoms. The zero-order valence-corrected chi connectivity index (χ0v) is 30.8. The summed E-state index contributed by atoms with van der Waals surface area (Å²) in [5.41, 5.74) is 5.46. The van der Waals surface area contributed by atoms with Gasteiger partial charge in [0.1, 0.15) is 12.1 Å². The van der Waals surface area contributed by atoms with Crippen LogP contribution in [-0.2, 0) is 19.1 Å². The molecule has 1 amide bonds. The molecule has 2 atom stereocenters. The first kappa shape index (κ1) is 45.3. The van der Waals surface area contributed by atoms with E-state index in [0.717, 1.165) is 89.9 Å². The highest BCUT2D eigenvalue weighted by atomic mass is 16.5. The quantitative estimate of drug-likeness (QED) is 0.0356. The molecule has 2 unspecified atom stereocenters. The van der Waals surface area contributed by atoms with Crippen LogP contribution in [0.1, 0.15) is 174 Å². The van der Waals surface area contributed by atoms with E-state index in [4.69, 9.17) is 10.5 Å². The van der Waals surface area contributed by atoms with E-state index >= 15 is 0 Å². The molecule has 0 aromatic rings. The predicted octanol–water partition coefficient (Wildman–Crippen LogP) is 10.4. The number of ether oxygens (including phenoxy) is 1. The van der Waals surface area contributed by atoms with Crippen LogP contribution in [0.15, 0.2) is 48.6 Å². The summed E-state index contributed by atoms with van der Waals surface area (Å²) in [5, 5.41) is 11.9. The minimum absolute atomic E-state index is 0.0924. The van der Waals surface area contributed by atoms with Gasteiger partial charge in [0, 0.05) is 12.8 Å². The lowest BCUT2D eigenvalue weighted by molar-refractivity contribution is -0.147. The molecular formula is C41H72N2O5. The standard InChI is InChI=1S/C41H72N2O5/c1-3-5-7-9-11-13-14-15-16-17-19-25-29-35-40(45)48-37(31-26-22-18-12-10-8-6-4-2)32-27-23-20-21-24-28-34-39(44)43-38(41(46)47)33-30-36-42/h7,9,12-14,18,26,31,37-38H,3-6,8,10-11,15-17,19-25,27-30,32-36,42H2,1-2H3,(H,43,44)(H,46,47)/b9-7-,14-13-,18-12-,31-26-. The fraction of sp³-hybridized carbons (Fsp3) is 0.732. The molecule has 0 aromatic carbocycles. The van der Waals surface area contributed by atoms with Gasteiger partial charge in [-0.2, -0.15) is 0 Å². The SMILES string of the molecule is CCC/C=C\C/C=C\CCCCCCCC(=O)OC(/C=C\C/C=C\CCCCC)CCCCCCCCC(=O)NC(CCCN)C(=O)O. The van der Waals surface area contributed by atoms with Gasteiger partial charge in [-0.25, -0.2) is 4.79 Å². The number of unbranched alkanes of at least 4 members (excludes halogenated alkanes) is 14. The molecule has 0 bridgehead atoms. The number of aliphatic carboxylic acids is 1. The normalized spacial score (nSPS) is 13.2. The number of carbonyl (C=O) groups excluding carboxylic acids is 2. The lowest BCUT2D eigenvalue weighted by atomic mass is 10.0. The zero-order chi connectivity index (χ0) is 35.3. The molecule has 276 valence electrons. The molecular weight excluding hydrogens is 600 g/mol. The average Bonchev–Trinajstić information content (AvgIpc) is 3.07. The second kappa shape index (κ2) is 35.6. The third-order valence-corrected chi connectivity index (χ3v) is 8.33. The predicted molar refractivity (Wildman–Crippen MR) is 202 cm³/mol. The van der Waals surface area contributed by atoms with Gasteiger partial charge in [0.25, 0.3) is 0 Å². The maximum absolute atomic E-state index is 12.7. The highest BCUT2D eigenvalue weighted by Crippen LogP contribution is 2.15. The van der Waals surface area contributed by atoms with Crippen molar-refractivity contribution in [1.29, 1.82) is 0 Å². The minimum atomic E-state index is -1.01. The van der Waals surface area contributed by atoms with Gasteiger partial charge in [0.05, 0.1) is 0 Å². The summed E-state index contributed by atoms with van der Waals surface area (Å²) in [6, 6.07) is -0.857. The molecule has 0 aliphatic rings. The van der Waals surface area contributed by atoms with Crippen LogP contribution in [0.2, 0.25) is 0 Å². The molecule has 0 radical (unpaired) electrons. The number of hydrogen-bond acceptors (Lipinski definition) is 5. The summed E-state index contributed by atoms with van der Waals surface area (Å²) in [6.07, 6.45) is 41.7. The summed E-state index contributed by atoms with van der Waals surface area (Å²) in [5.74, 6) is -1.31. The fourth-order valence-electron chi connectivity index (χ4n) is 5.38. The van der Waals surface area contributed by atoms with Gasteiger partial charge in [-0.1, -0.05) is 121 Å². The van der Waals surface area contributed by atoms with E-state index in [2.05, 4.69) is 67.8 Å². The van der Waals surface area contributed by atoms with E-state index in [1.54, 1.807) is 0 Å². The molecule has 0 fully saturated rings. The number of nitrogens with one attached hydrogen (secondary N) is 1. The Morgan fingerprint density at radius 1 is 0.625 bits per heavy atom.